The highest BCUT2D eigenvalue weighted by atomic mass is 32.1. The lowest BCUT2D eigenvalue weighted by Crippen LogP contribution is -2.35. The second kappa shape index (κ2) is 6.46. The minimum Gasteiger partial charge on any atom is -0.363 e. The van der Waals surface area contributed by atoms with Crippen molar-refractivity contribution in [1.82, 2.24) is 15.1 Å². The van der Waals surface area contributed by atoms with Gasteiger partial charge >= 0.3 is 6.18 Å². The molecule has 2 aromatic heterocycles. The molecule has 0 unspecified atom stereocenters. The smallest absolute Gasteiger partial charge is 0.363 e. The van der Waals surface area contributed by atoms with Crippen molar-refractivity contribution in [1.29, 1.82) is 0 Å². The van der Waals surface area contributed by atoms with Gasteiger partial charge < -0.3 is 10.6 Å². The molecule has 0 aromatic carbocycles. The van der Waals surface area contributed by atoms with Crippen molar-refractivity contribution in [3.05, 3.63) is 34.2 Å². The fourth-order valence-electron chi connectivity index (χ4n) is 2.69. The van der Waals surface area contributed by atoms with Crippen LogP contribution in [0.5, 0.6) is 0 Å². The predicted octanol–water partition coefficient (Wildman–Crippen LogP) is 3.74. The first-order valence-electron chi connectivity index (χ1n) is 7.64. The van der Waals surface area contributed by atoms with Gasteiger partial charge in [-0.25, -0.2) is 4.68 Å². The van der Waals surface area contributed by atoms with E-state index in [9.17, 15) is 18.0 Å². The Morgan fingerprint density at radius 2 is 2.33 bits per heavy atom. The molecule has 0 radical (unpaired) electrons. The monoisotopic (exact) mass is 358 g/mol. The Labute approximate surface area is 140 Å². The Balaban J connectivity index is 1.93. The maximum absolute atomic E-state index is 13.5. The third kappa shape index (κ3) is 3.26. The third-order valence-corrected chi connectivity index (χ3v) is 4.83. The lowest BCUT2D eigenvalue weighted by Gasteiger charge is -2.32. The number of carbonyl (C=O) groups is 1. The van der Waals surface area contributed by atoms with Crippen LogP contribution < -0.4 is 10.6 Å². The molecule has 3 heterocycles. The van der Waals surface area contributed by atoms with Crippen molar-refractivity contribution >= 4 is 23.1 Å². The number of hydrogen-bond acceptors (Lipinski definition) is 4. The second-order valence-corrected chi connectivity index (χ2v) is 6.60. The van der Waals surface area contributed by atoms with Gasteiger partial charge in [0.15, 0.2) is 11.7 Å². The Kier molecular flexibility index (Phi) is 4.53. The Hall–Kier alpha value is -2.03. The molecular formula is C15H17F3N4OS. The molecule has 5 nitrogen and oxygen atoms in total. The topological polar surface area (TPSA) is 59.0 Å². The summed E-state index contributed by atoms with van der Waals surface area (Å²) >= 11 is 1.40. The molecule has 130 valence electrons. The SMILES string of the molecule is CCCNC(=O)c1cc2n(n1)[C@@H](C(F)(F)F)C[C@@H](c1cccs1)N2. The molecule has 24 heavy (non-hydrogen) atoms. The number of rotatable bonds is 4. The van der Waals surface area contributed by atoms with Crippen LogP contribution in [-0.4, -0.2) is 28.4 Å². The standard InChI is InChI=1S/C15H17F3N4OS/c1-2-5-19-14(23)10-8-13-20-9(11-4-3-6-24-11)7-12(15(16,17)18)22(13)21-10/h3-4,6,8-9,12,20H,2,5,7H2,1H3,(H,19,23)/t9-,12+/m0/s1. The molecule has 9 heteroatoms. The maximum Gasteiger partial charge on any atom is 0.410 e. The highest BCUT2D eigenvalue weighted by Gasteiger charge is 2.47. The van der Waals surface area contributed by atoms with Gasteiger partial charge in [0.05, 0.1) is 6.04 Å². The summed E-state index contributed by atoms with van der Waals surface area (Å²) < 4.78 is 41.3. The van der Waals surface area contributed by atoms with E-state index >= 15 is 0 Å². The van der Waals surface area contributed by atoms with E-state index in [1.54, 1.807) is 12.1 Å². The van der Waals surface area contributed by atoms with Crippen LogP contribution in [0.4, 0.5) is 19.0 Å². The van der Waals surface area contributed by atoms with Crippen LogP contribution in [0.2, 0.25) is 0 Å². The summed E-state index contributed by atoms with van der Waals surface area (Å²) in [6.07, 6.45) is -3.85. The van der Waals surface area contributed by atoms with Gasteiger partial charge in [0.25, 0.3) is 5.91 Å². The predicted molar refractivity (Wildman–Crippen MR) is 85.2 cm³/mol. The van der Waals surface area contributed by atoms with Gasteiger partial charge in [0.2, 0.25) is 0 Å². The third-order valence-electron chi connectivity index (χ3n) is 3.84. The lowest BCUT2D eigenvalue weighted by molar-refractivity contribution is -0.173. The van der Waals surface area contributed by atoms with E-state index in [0.29, 0.717) is 6.54 Å². The van der Waals surface area contributed by atoms with E-state index in [-0.39, 0.29) is 17.9 Å². The van der Waals surface area contributed by atoms with Gasteiger partial charge in [0, 0.05) is 23.9 Å². The molecule has 1 amide bonds. The summed E-state index contributed by atoms with van der Waals surface area (Å²) in [5, 5.41) is 11.4. The summed E-state index contributed by atoms with van der Waals surface area (Å²) in [6, 6.07) is 2.78. The van der Waals surface area contributed by atoms with Crippen LogP contribution in [0.3, 0.4) is 0 Å². The quantitative estimate of drug-likeness (QED) is 0.875. The molecule has 3 rings (SSSR count). The molecule has 0 saturated carbocycles. The molecule has 2 N–H and O–H groups in total. The molecule has 0 bridgehead atoms. The molecule has 0 aliphatic carbocycles. The van der Waals surface area contributed by atoms with Crippen LogP contribution >= 0.6 is 11.3 Å². The van der Waals surface area contributed by atoms with Crippen molar-refractivity contribution in [2.75, 3.05) is 11.9 Å². The molecule has 1 aliphatic rings. The Morgan fingerprint density at radius 1 is 1.54 bits per heavy atom. The zero-order valence-electron chi connectivity index (χ0n) is 12.9. The summed E-state index contributed by atoms with van der Waals surface area (Å²) in [5.41, 5.74) is -0.00738. The maximum atomic E-state index is 13.5. The van der Waals surface area contributed by atoms with Gasteiger partial charge in [-0.05, 0) is 17.9 Å². The summed E-state index contributed by atoms with van der Waals surface area (Å²) in [6.45, 7) is 2.35. The average Bonchev–Trinajstić information content (AvgIpc) is 3.19. The first-order valence-corrected chi connectivity index (χ1v) is 8.52. The van der Waals surface area contributed by atoms with Gasteiger partial charge in [-0.3, -0.25) is 4.79 Å². The zero-order valence-corrected chi connectivity index (χ0v) is 13.7. The number of aromatic nitrogens is 2. The van der Waals surface area contributed by atoms with Gasteiger partial charge in [-0.15, -0.1) is 11.3 Å². The zero-order chi connectivity index (χ0) is 17.3. The van der Waals surface area contributed by atoms with E-state index in [2.05, 4.69) is 15.7 Å². The van der Waals surface area contributed by atoms with Crippen LogP contribution in [0.15, 0.2) is 23.6 Å². The van der Waals surface area contributed by atoms with E-state index in [0.717, 1.165) is 16.0 Å². The summed E-state index contributed by atoms with van der Waals surface area (Å²) in [7, 11) is 0. The van der Waals surface area contributed by atoms with Crippen LogP contribution in [0, 0.1) is 0 Å². The molecule has 1 aliphatic heterocycles. The number of nitrogens with zero attached hydrogens (tertiary/aromatic N) is 2. The number of nitrogens with one attached hydrogen (secondary N) is 2. The Morgan fingerprint density at radius 3 is 2.96 bits per heavy atom. The molecule has 0 saturated heterocycles. The van der Waals surface area contributed by atoms with Gasteiger partial charge in [-0.1, -0.05) is 13.0 Å². The van der Waals surface area contributed by atoms with Crippen LogP contribution in [0.1, 0.15) is 47.2 Å². The van der Waals surface area contributed by atoms with E-state index in [1.165, 1.54) is 17.4 Å². The highest BCUT2D eigenvalue weighted by Crippen LogP contribution is 2.44. The number of thiophene rings is 1. The average molecular weight is 358 g/mol. The van der Waals surface area contributed by atoms with Gasteiger partial charge in [-0.2, -0.15) is 18.3 Å². The normalized spacial score (nSPS) is 20.3. The minimum absolute atomic E-state index is 0.00738. The first-order chi connectivity index (χ1) is 11.4. The molecule has 2 aromatic rings. The van der Waals surface area contributed by atoms with Crippen molar-refractivity contribution in [2.24, 2.45) is 0 Å². The Bertz CT molecular complexity index is 711. The largest absolute Gasteiger partial charge is 0.410 e. The van der Waals surface area contributed by atoms with Crippen molar-refractivity contribution in [3.8, 4) is 0 Å². The number of carbonyl (C=O) groups excluding carboxylic acids is 1. The number of hydrogen-bond donors (Lipinski definition) is 2. The van der Waals surface area contributed by atoms with E-state index in [1.807, 2.05) is 12.3 Å². The van der Waals surface area contributed by atoms with Crippen LogP contribution in [-0.2, 0) is 0 Å². The summed E-state index contributed by atoms with van der Waals surface area (Å²) in [4.78, 5) is 12.8. The number of amides is 1. The molecule has 0 fully saturated rings. The van der Waals surface area contributed by atoms with E-state index in [4.69, 9.17) is 0 Å². The molecular weight excluding hydrogens is 341 g/mol. The van der Waals surface area contributed by atoms with Crippen molar-refractivity contribution < 1.29 is 18.0 Å². The first kappa shape index (κ1) is 16.8. The fourth-order valence-corrected chi connectivity index (χ4v) is 3.48. The number of fused-ring (bicyclic) bond motifs is 1. The van der Waals surface area contributed by atoms with Crippen molar-refractivity contribution in [3.63, 3.8) is 0 Å². The number of alkyl halides is 3. The summed E-state index contributed by atoms with van der Waals surface area (Å²) in [5.74, 6) is -0.252. The number of halogens is 3. The molecule has 2 atom stereocenters. The van der Waals surface area contributed by atoms with Crippen LogP contribution in [0.25, 0.3) is 0 Å². The lowest BCUT2D eigenvalue weighted by atomic mass is 10.0. The highest BCUT2D eigenvalue weighted by molar-refractivity contribution is 7.10. The minimum atomic E-state index is -4.43. The number of anilines is 1. The van der Waals surface area contributed by atoms with Crippen molar-refractivity contribution in [2.45, 2.75) is 38.0 Å². The van der Waals surface area contributed by atoms with E-state index < -0.39 is 24.2 Å². The van der Waals surface area contributed by atoms with Gasteiger partial charge in [0.1, 0.15) is 5.82 Å². The second-order valence-electron chi connectivity index (χ2n) is 5.62. The fraction of sp³-hybridized carbons (Fsp3) is 0.467. The molecule has 0 spiro atoms.